The summed E-state index contributed by atoms with van der Waals surface area (Å²) in [5.41, 5.74) is 0. The fraction of sp³-hybridized carbons (Fsp3) is 1.00. The molecule has 0 radical (unpaired) electrons. The van der Waals surface area contributed by atoms with Gasteiger partial charge in [-0.25, -0.2) is 0 Å². The molecule has 0 rings (SSSR count). The van der Waals surface area contributed by atoms with Crippen molar-refractivity contribution < 1.29 is 0 Å². The van der Waals surface area contributed by atoms with Gasteiger partial charge in [0.05, 0.1) is 0 Å². The molecule has 0 aliphatic heterocycles. The van der Waals surface area contributed by atoms with Crippen LogP contribution in [-0.2, 0) is 0 Å². The first kappa shape index (κ1) is 12.4. The molecule has 0 saturated heterocycles. The third-order valence-electron chi connectivity index (χ3n) is 3.12. The maximum absolute atomic E-state index is 2.60. The van der Waals surface area contributed by atoms with Crippen LogP contribution in [0.25, 0.3) is 0 Å². The number of hydrogen-bond acceptors (Lipinski definition) is 0. The normalized spacial score (nSPS) is 13.3. The Kier molecular flexibility index (Phi) is 7.14. The Labute approximate surface area is 79.5 Å². The van der Waals surface area contributed by atoms with E-state index in [4.69, 9.17) is 0 Å². The Morgan fingerprint density at radius 1 is 0.833 bits per heavy atom. The molecule has 0 amide bonds. The second-order valence-electron chi connectivity index (χ2n) is 4.37. The second-order valence-corrected chi connectivity index (χ2v) is 9.70. The van der Waals surface area contributed by atoms with Crippen molar-refractivity contribution in [2.75, 3.05) is 25.2 Å². The second kappa shape index (κ2) is 6.89. The first-order valence-corrected chi connectivity index (χ1v) is 8.80. The summed E-state index contributed by atoms with van der Waals surface area (Å²) in [7, 11) is -0.765. The van der Waals surface area contributed by atoms with Gasteiger partial charge in [0.15, 0.2) is 0 Å². The van der Waals surface area contributed by atoms with Gasteiger partial charge in [-0.3, -0.25) is 0 Å². The molecule has 76 valence electrons. The van der Waals surface area contributed by atoms with Gasteiger partial charge in [0, 0.05) is 0 Å². The standard InChI is InChI=1S/C11H27P/c1-5-8-10-12(4,7-3)11-9-6-2/h12H,5-11H2,1-4H3. The van der Waals surface area contributed by atoms with Gasteiger partial charge >= 0.3 is 78.9 Å². The quantitative estimate of drug-likeness (QED) is 0.532. The van der Waals surface area contributed by atoms with Crippen LogP contribution in [0.1, 0.15) is 46.5 Å². The van der Waals surface area contributed by atoms with Crippen LogP contribution in [0.3, 0.4) is 0 Å². The van der Waals surface area contributed by atoms with E-state index >= 15 is 0 Å². The molecule has 12 heavy (non-hydrogen) atoms. The molecule has 1 heteroatoms. The maximum atomic E-state index is 2.60. The molecular weight excluding hydrogens is 163 g/mol. The Morgan fingerprint density at radius 3 is 1.50 bits per heavy atom. The summed E-state index contributed by atoms with van der Waals surface area (Å²) in [5, 5.41) is 0. The van der Waals surface area contributed by atoms with E-state index in [1.54, 1.807) is 12.3 Å². The van der Waals surface area contributed by atoms with E-state index in [1.165, 1.54) is 31.8 Å². The van der Waals surface area contributed by atoms with Crippen LogP contribution in [0.5, 0.6) is 0 Å². The summed E-state index contributed by atoms with van der Waals surface area (Å²) >= 11 is 0. The minimum absolute atomic E-state index is 0.765. The molecule has 0 aromatic carbocycles. The molecule has 0 N–H and O–H groups in total. The van der Waals surface area contributed by atoms with E-state index in [-0.39, 0.29) is 0 Å². The summed E-state index contributed by atoms with van der Waals surface area (Å²) in [5.74, 6) is 0. The fourth-order valence-corrected chi connectivity index (χ4v) is 5.06. The van der Waals surface area contributed by atoms with Gasteiger partial charge in [-0.05, 0) is 0 Å². The third kappa shape index (κ3) is 5.14. The first-order chi connectivity index (χ1) is 5.68. The summed E-state index contributed by atoms with van der Waals surface area (Å²) in [6, 6.07) is 0. The molecular formula is C11H27P. The van der Waals surface area contributed by atoms with Crippen LogP contribution >= 0.6 is 7.26 Å². The van der Waals surface area contributed by atoms with Crippen molar-refractivity contribution in [2.24, 2.45) is 0 Å². The van der Waals surface area contributed by atoms with Crippen molar-refractivity contribution in [1.82, 2.24) is 0 Å². The summed E-state index contributed by atoms with van der Waals surface area (Å²) in [6.45, 7) is 9.62. The van der Waals surface area contributed by atoms with Gasteiger partial charge in [-0.2, -0.15) is 0 Å². The van der Waals surface area contributed by atoms with Gasteiger partial charge in [0.2, 0.25) is 0 Å². The topological polar surface area (TPSA) is 0 Å². The number of hydrogen-bond donors (Lipinski definition) is 0. The van der Waals surface area contributed by atoms with Crippen molar-refractivity contribution in [3.05, 3.63) is 0 Å². The molecule has 0 atom stereocenters. The summed E-state index contributed by atoms with van der Waals surface area (Å²) in [6.07, 6.45) is 10.3. The van der Waals surface area contributed by atoms with Crippen molar-refractivity contribution in [3.63, 3.8) is 0 Å². The Bertz CT molecular complexity index is 91.2. The molecule has 0 saturated carbocycles. The molecule has 0 nitrogen and oxygen atoms in total. The predicted octanol–water partition coefficient (Wildman–Crippen LogP) is 3.99. The van der Waals surface area contributed by atoms with Crippen LogP contribution in [0, 0.1) is 0 Å². The molecule has 0 aromatic heterocycles. The van der Waals surface area contributed by atoms with Crippen molar-refractivity contribution in [2.45, 2.75) is 46.5 Å². The SMILES string of the molecule is CCCC[PH](C)(CC)CCCC. The van der Waals surface area contributed by atoms with Gasteiger partial charge < -0.3 is 0 Å². The molecule has 0 unspecified atom stereocenters. The van der Waals surface area contributed by atoms with Gasteiger partial charge in [0.25, 0.3) is 0 Å². The fourth-order valence-electron chi connectivity index (χ4n) is 1.69. The molecule has 0 aliphatic rings. The Balaban J connectivity index is 3.70. The molecule has 0 aromatic rings. The first-order valence-electron chi connectivity index (χ1n) is 5.68. The van der Waals surface area contributed by atoms with Crippen LogP contribution in [0.15, 0.2) is 0 Å². The van der Waals surface area contributed by atoms with E-state index < -0.39 is 7.26 Å². The third-order valence-corrected chi connectivity index (χ3v) is 7.95. The zero-order valence-corrected chi connectivity index (χ0v) is 10.4. The average Bonchev–Trinajstić information content (AvgIpc) is 2.11. The van der Waals surface area contributed by atoms with Gasteiger partial charge in [-0.15, -0.1) is 0 Å². The van der Waals surface area contributed by atoms with E-state index in [9.17, 15) is 0 Å². The van der Waals surface area contributed by atoms with Crippen LogP contribution in [0.2, 0.25) is 0 Å². The number of unbranched alkanes of at least 4 members (excludes halogenated alkanes) is 2. The van der Waals surface area contributed by atoms with E-state index in [1.807, 2.05) is 0 Å². The zero-order chi connectivity index (χ0) is 9.45. The van der Waals surface area contributed by atoms with Gasteiger partial charge in [-0.1, -0.05) is 0 Å². The molecule has 0 fully saturated rings. The molecule has 0 aliphatic carbocycles. The van der Waals surface area contributed by atoms with E-state index in [0.717, 1.165) is 0 Å². The molecule has 0 spiro atoms. The predicted molar refractivity (Wildman–Crippen MR) is 64.3 cm³/mol. The van der Waals surface area contributed by atoms with Crippen molar-refractivity contribution in [1.29, 1.82) is 0 Å². The van der Waals surface area contributed by atoms with E-state index in [2.05, 4.69) is 27.4 Å². The van der Waals surface area contributed by atoms with Crippen molar-refractivity contribution >= 4 is 7.26 Å². The average molecular weight is 190 g/mol. The van der Waals surface area contributed by atoms with Gasteiger partial charge in [0.1, 0.15) is 0 Å². The van der Waals surface area contributed by atoms with Crippen LogP contribution < -0.4 is 0 Å². The monoisotopic (exact) mass is 190 g/mol. The van der Waals surface area contributed by atoms with E-state index in [0.29, 0.717) is 0 Å². The van der Waals surface area contributed by atoms with Crippen LogP contribution in [0.4, 0.5) is 0 Å². The zero-order valence-electron chi connectivity index (χ0n) is 9.45. The number of rotatable bonds is 7. The van der Waals surface area contributed by atoms with Crippen molar-refractivity contribution in [3.8, 4) is 0 Å². The summed E-state index contributed by atoms with van der Waals surface area (Å²) in [4.78, 5) is 0. The summed E-state index contributed by atoms with van der Waals surface area (Å²) < 4.78 is 0. The Hall–Kier alpha value is 0.430. The van der Waals surface area contributed by atoms with Crippen LogP contribution in [-0.4, -0.2) is 25.2 Å². The molecule has 0 heterocycles. The molecule has 0 bridgehead atoms. The Morgan fingerprint density at radius 2 is 1.25 bits per heavy atom. The minimum atomic E-state index is -0.765.